The zero-order valence-corrected chi connectivity index (χ0v) is 24.5. The number of unbranched alkanes of at least 4 members (excludes halogenated alkanes) is 1. The number of piperidine rings is 1. The van der Waals surface area contributed by atoms with Gasteiger partial charge in [-0.05, 0) is 75.5 Å². The molecule has 232 valence electrons. The molecule has 2 aliphatic heterocycles. The number of fused-ring (bicyclic) bond motifs is 1. The monoisotopic (exact) mass is 613 g/mol. The highest BCUT2D eigenvalue weighted by Gasteiger charge is 2.43. The van der Waals surface area contributed by atoms with Gasteiger partial charge in [0.1, 0.15) is 0 Å². The molecule has 14 heteroatoms. The van der Waals surface area contributed by atoms with E-state index < -0.39 is 12.1 Å². The predicted molar refractivity (Wildman–Crippen MR) is 155 cm³/mol. The van der Waals surface area contributed by atoms with Crippen molar-refractivity contribution in [2.75, 3.05) is 40.4 Å². The van der Waals surface area contributed by atoms with E-state index in [9.17, 15) is 18.0 Å². The number of methoxy groups -OCH3 is 2. The third-order valence-electron chi connectivity index (χ3n) is 7.47. The molecule has 0 saturated carbocycles. The lowest BCUT2D eigenvalue weighted by Crippen LogP contribution is -2.53. The number of nitrogens with zero attached hydrogens (tertiary/aromatic N) is 3. The number of carbonyl (C=O) groups is 2. The van der Waals surface area contributed by atoms with Gasteiger partial charge in [0.25, 0.3) is 0 Å². The van der Waals surface area contributed by atoms with Crippen LogP contribution < -0.4 is 20.5 Å². The fraction of sp³-hybridized carbons (Fsp3) is 0.571. The van der Waals surface area contributed by atoms with Gasteiger partial charge in [0, 0.05) is 31.1 Å². The molecule has 1 aliphatic carbocycles. The van der Waals surface area contributed by atoms with Crippen LogP contribution in [0.5, 0.6) is 11.5 Å². The van der Waals surface area contributed by atoms with Crippen LogP contribution in [0.3, 0.4) is 0 Å². The van der Waals surface area contributed by atoms with Crippen LogP contribution in [0.4, 0.5) is 13.2 Å². The van der Waals surface area contributed by atoms with Gasteiger partial charge in [-0.25, -0.2) is 9.80 Å². The van der Waals surface area contributed by atoms with Crippen LogP contribution in [0.1, 0.15) is 44.1 Å². The highest BCUT2D eigenvalue weighted by atomic mass is 32.1. The summed E-state index contributed by atoms with van der Waals surface area (Å²) in [5, 5.41) is 18.0. The van der Waals surface area contributed by atoms with Gasteiger partial charge in [0.2, 0.25) is 5.91 Å². The molecule has 2 heterocycles. The Bertz CT molecular complexity index is 1170. The number of allylic oxidation sites excluding steroid dienone is 2. The Hall–Kier alpha value is -3.39. The Morgan fingerprint density at radius 2 is 1.74 bits per heavy atom. The zero-order chi connectivity index (χ0) is 30.9. The van der Waals surface area contributed by atoms with E-state index in [4.69, 9.17) is 42.4 Å². The summed E-state index contributed by atoms with van der Waals surface area (Å²) in [6.07, 6.45) is 4.47. The van der Waals surface area contributed by atoms with Crippen LogP contribution in [-0.2, 0) is 9.59 Å². The first-order chi connectivity index (χ1) is 20.0. The van der Waals surface area contributed by atoms with Gasteiger partial charge in [-0.3, -0.25) is 4.79 Å². The number of likely N-dealkylation sites (tertiary alicyclic amines) is 1. The highest BCUT2D eigenvalue weighted by molar-refractivity contribution is 7.80. The number of thiocarbonyl (C=S) groups is 1. The van der Waals surface area contributed by atoms with Crippen molar-refractivity contribution in [1.29, 1.82) is 0 Å². The molecule has 3 aliphatic rings. The van der Waals surface area contributed by atoms with Crippen molar-refractivity contribution in [3.63, 3.8) is 0 Å². The van der Waals surface area contributed by atoms with Gasteiger partial charge in [0.15, 0.2) is 16.6 Å². The molecule has 1 aromatic rings. The molecular formula is C28H38F3N5O5S. The van der Waals surface area contributed by atoms with Gasteiger partial charge < -0.3 is 30.5 Å². The summed E-state index contributed by atoms with van der Waals surface area (Å²) >= 11 is 5.59. The number of ether oxygens (including phenoxy) is 2. The summed E-state index contributed by atoms with van der Waals surface area (Å²) < 4.78 is 42.7. The number of nitrogens with one attached hydrogen (secondary N) is 1. The SMILES string of the molecule is COc1ccc(C2=NN(C3CCN(C(=S)NCCCCN)CC3)C(=O)[C@@H]3CC=CC[C@H]23)cc1OC.O=C(O)C(F)(F)F. The molecule has 4 N–H and O–H groups in total. The number of halogens is 3. The zero-order valence-electron chi connectivity index (χ0n) is 23.7. The highest BCUT2D eigenvalue weighted by Crippen LogP contribution is 2.38. The Morgan fingerprint density at radius 1 is 1.12 bits per heavy atom. The van der Waals surface area contributed by atoms with E-state index in [0.717, 1.165) is 74.5 Å². The Morgan fingerprint density at radius 3 is 2.31 bits per heavy atom. The molecule has 0 aromatic heterocycles. The molecule has 1 fully saturated rings. The molecule has 1 aromatic carbocycles. The summed E-state index contributed by atoms with van der Waals surface area (Å²) in [6.45, 7) is 3.17. The van der Waals surface area contributed by atoms with E-state index in [1.54, 1.807) is 19.2 Å². The first-order valence-electron chi connectivity index (χ1n) is 13.8. The van der Waals surface area contributed by atoms with Gasteiger partial charge in [-0.1, -0.05) is 12.2 Å². The summed E-state index contributed by atoms with van der Waals surface area (Å²) in [5.41, 5.74) is 7.51. The van der Waals surface area contributed by atoms with Crippen molar-refractivity contribution in [1.82, 2.24) is 15.2 Å². The molecule has 1 saturated heterocycles. The number of carboxylic acids is 1. The number of rotatable bonds is 8. The number of benzene rings is 1. The van der Waals surface area contributed by atoms with Gasteiger partial charge in [-0.2, -0.15) is 18.3 Å². The molecule has 2 atom stereocenters. The van der Waals surface area contributed by atoms with Crippen molar-refractivity contribution in [3.05, 3.63) is 35.9 Å². The largest absolute Gasteiger partial charge is 0.493 e. The second-order valence-electron chi connectivity index (χ2n) is 10.1. The van der Waals surface area contributed by atoms with Crippen molar-refractivity contribution in [2.45, 2.75) is 50.7 Å². The summed E-state index contributed by atoms with van der Waals surface area (Å²) in [6, 6.07) is 5.96. The van der Waals surface area contributed by atoms with Crippen LogP contribution in [0.15, 0.2) is 35.5 Å². The van der Waals surface area contributed by atoms with Crippen molar-refractivity contribution >= 4 is 34.9 Å². The minimum Gasteiger partial charge on any atom is -0.493 e. The minimum atomic E-state index is -5.08. The quantitative estimate of drug-likeness (QED) is 0.229. The van der Waals surface area contributed by atoms with Crippen molar-refractivity contribution < 1.29 is 37.3 Å². The van der Waals surface area contributed by atoms with Crippen LogP contribution in [-0.4, -0.2) is 90.3 Å². The van der Waals surface area contributed by atoms with Crippen molar-refractivity contribution in [3.8, 4) is 11.5 Å². The lowest BCUT2D eigenvalue weighted by molar-refractivity contribution is -0.192. The fourth-order valence-corrected chi connectivity index (χ4v) is 5.50. The lowest BCUT2D eigenvalue weighted by atomic mass is 9.76. The first kappa shape index (κ1) is 33.1. The van der Waals surface area contributed by atoms with Crippen LogP contribution >= 0.6 is 12.2 Å². The average Bonchev–Trinajstić information content (AvgIpc) is 2.99. The predicted octanol–water partition coefficient (Wildman–Crippen LogP) is 3.54. The normalized spacial score (nSPS) is 20.6. The maximum absolute atomic E-state index is 13.6. The standard InChI is InChI=1S/C26H37N5O3S.C2HF3O2/c1-33-22-10-9-18(17-23(22)34-2)24-20-7-3-4-8-21(20)25(32)31(29-24)19-11-15-30(16-12-19)26(35)28-14-6-5-13-27;3-2(4,5)1(6)7/h3-4,9-10,17,19-21H,5-8,11-16,27H2,1-2H3,(H,28,35);(H,6,7)/t20-,21+;/m0./s1. The molecular weight excluding hydrogens is 575 g/mol. The second kappa shape index (κ2) is 15.2. The van der Waals surface area contributed by atoms with Gasteiger partial charge >= 0.3 is 12.1 Å². The molecule has 1 amide bonds. The van der Waals surface area contributed by atoms with E-state index >= 15 is 0 Å². The van der Waals surface area contributed by atoms with Gasteiger partial charge in [-0.15, -0.1) is 0 Å². The second-order valence-corrected chi connectivity index (χ2v) is 10.5. The minimum absolute atomic E-state index is 0.0702. The Balaban J connectivity index is 0.000000616. The Labute approximate surface area is 248 Å². The maximum Gasteiger partial charge on any atom is 0.490 e. The number of hydrogen-bond donors (Lipinski definition) is 3. The molecule has 0 radical (unpaired) electrons. The number of amides is 1. The third kappa shape index (κ3) is 8.34. The summed E-state index contributed by atoms with van der Waals surface area (Å²) in [4.78, 5) is 24.7. The lowest BCUT2D eigenvalue weighted by Gasteiger charge is -2.43. The smallest absolute Gasteiger partial charge is 0.490 e. The topological polar surface area (TPSA) is 130 Å². The number of carboxylic acid groups (broad SMARTS) is 1. The van der Waals surface area contributed by atoms with Gasteiger partial charge in [0.05, 0.1) is 31.9 Å². The summed E-state index contributed by atoms with van der Waals surface area (Å²) in [7, 11) is 3.27. The fourth-order valence-electron chi connectivity index (χ4n) is 5.22. The van der Waals surface area contributed by atoms with E-state index in [1.165, 1.54) is 0 Å². The average molecular weight is 614 g/mol. The number of aliphatic carboxylic acids is 1. The Kier molecular flexibility index (Phi) is 12.0. The number of nitrogens with two attached hydrogens (primary N) is 1. The molecule has 0 unspecified atom stereocenters. The van der Waals surface area contributed by atoms with E-state index in [0.29, 0.717) is 18.0 Å². The third-order valence-corrected chi connectivity index (χ3v) is 7.87. The van der Waals surface area contributed by atoms with Crippen LogP contribution in [0.2, 0.25) is 0 Å². The van der Waals surface area contributed by atoms with Crippen LogP contribution in [0.25, 0.3) is 0 Å². The molecule has 10 nitrogen and oxygen atoms in total. The van der Waals surface area contributed by atoms with Crippen molar-refractivity contribution in [2.24, 2.45) is 22.7 Å². The van der Waals surface area contributed by atoms with Crippen LogP contribution in [0, 0.1) is 11.8 Å². The van der Waals surface area contributed by atoms with E-state index in [-0.39, 0.29) is 23.8 Å². The first-order valence-corrected chi connectivity index (χ1v) is 14.2. The molecule has 4 rings (SSSR count). The molecule has 42 heavy (non-hydrogen) atoms. The number of hydrogen-bond acceptors (Lipinski definition) is 7. The molecule has 0 bridgehead atoms. The van der Waals surface area contributed by atoms with E-state index in [2.05, 4.69) is 22.4 Å². The van der Waals surface area contributed by atoms with E-state index in [1.807, 2.05) is 18.2 Å². The number of alkyl halides is 3. The number of hydrazone groups is 1. The molecule has 0 spiro atoms. The maximum atomic E-state index is 13.6. The number of carbonyl (C=O) groups excluding carboxylic acids is 1. The summed E-state index contributed by atoms with van der Waals surface area (Å²) in [5.74, 6) is -1.27.